The highest BCUT2D eigenvalue weighted by Gasteiger charge is 2.59. The quantitative estimate of drug-likeness (QED) is 0.439. The van der Waals surface area contributed by atoms with Crippen LogP contribution in [0, 0.1) is 24.2 Å². The number of carbonyl (C=O) groups excluding carboxylic acids is 2. The molecule has 0 unspecified atom stereocenters. The monoisotopic (exact) mass is 492 g/mol. The molecule has 0 amide bonds. The Bertz CT molecular complexity index is 1490. The Morgan fingerprint density at radius 1 is 1.03 bits per heavy atom. The Balaban J connectivity index is 1.63. The zero-order valence-corrected chi connectivity index (χ0v) is 19.1. The van der Waals surface area contributed by atoms with Gasteiger partial charge in [0.2, 0.25) is 5.78 Å². The van der Waals surface area contributed by atoms with Crippen molar-refractivity contribution in [1.82, 2.24) is 0 Å². The maximum absolute atomic E-state index is 13.5. The van der Waals surface area contributed by atoms with E-state index in [9.17, 15) is 33.3 Å². The molecule has 9 heteroatoms. The third kappa shape index (κ3) is 3.29. The van der Waals surface area contributed by atoms with Crippen LogP contribution in [0.3, 0.4) is 0 Å². The average molecular weight is 493 g/mol. The zero-order valence-electron chi connectivity index (χ0n) is 18.3. The maximum Gasteiger partial charge on any atom is 0.339 e. The van der Waals surface area contributed by atoms with Crippen LogP contribution in [0.4, 0.5) is 0 Å². The minimum absolute atomic E-state index is 0.0150. The number of terminal acetylenes is 1. The molecule has 0 saturated heterocycles. The number of hydrogen-bond acceptors (Lipinski definition) is 8. The molecule has 3 N–H and O–H groups in total. The van der Waals surface area contributed by atoms with Crippen LogP contribution in [-0.4, -0.2) is 40.9 Å². The Hall–Kier alpha value is -3.87. The maximum atomic E-state index is 13.5. The number of fused-ring (bicyclic) bond motifs is 3. The number of Topliss-reactive ketones (excluding diaryl/α,β-unsaturated/α-hetero) is 2. The van der Waals surface area contributed by atoms with E-state index in [1.807, 2.05) is 5.92 Å². The molecule has 5 rings (SSSR count). The first-order valence-electron chi connectivity index (χ1n) is 10.8. The lowest BCUT2D eigenvalue weighted by atomic mass is 9.59. The number of hydrogen-bond donors (Lipinski definition) is 3. The molecule has 178 valence electrons. The molecule has 3 aliphatic rings. The Kier molecular flexibility index (Phi) is 5.13. The van der Waals surface area contributed by atoms with E-state index in [1.165, 1.54) is 30.3 Å². The van der Waals surface area contributed by atoms with Crippen LogP contribution in [0.25, 0.3) is 5.76 Å². The summed E-state index contributed by atoms with van der Waals surface area (Å²) in [5.74, 6) is -2.57. The summed E-state index contributed by atoms with van der Waals surface area (Å²) in [4.78, 5) is 25.8. The largest absolute Gasteiger partial charge is 0.507 e. The van der Waals surface area contributed by atoms with Crippen LogP contribution in [0.2, 0.25) is 0 Å². The molecule has 0 radical (unpaired) electrons. The van der Waals surface area contributed by atoms with Crippen LogP contribution in [0.1, 0.15) is 24.0 Å². The van der Waals surface area contributed by atoms with Crippen molar-refractivity contribution in [2.75, 3.05) is 0 Å². The first-order chi connectivity index (χ1) is 16.6. The minimum atomic E-state index is -4.24. The van der Waals surface area contributed by atoms with Gasteiger partial charge in [-0.2, -0.15) is 8.42 Å². The van der Waals surface area contributed by atoms with Gasteiger partial charge in [0.15, 0.2) is 22.9 Å². The highest BCUT2D eigenvalue weighted by Crippen LogP contribution is 2.52. The molecule has 1 fully saturated rings. The zero-order chi connectivity index (χ0) is 25.1. The number of benzene rings is 2. The van der Waals surface area contributed by atoms with Crippen LogP contribution < -0.4 is 4.18 Å². The van der Waals surface area contributed by atoms with Gasteiger partial charge in [-0.1, -0.05) is 36.3 Å². The third-order valence-electron chi connectivity index (χ3n) is 6.91. The summed E-state index contributed by atoms with van der Waals surface area (Å²) >= 11 is 0. The van der Waals surface area contributed by atoms with Crippen molar-refractivity contribution in [3.8, 4) is 18.1 Å². The fourth-order valence-electron chi connectivity index (χ4n) is 5.26. The van der Waals surface area contributed by atoms with E-state index in [1.54, 1.807) is 18.2 Å². The Morgan fingerprint density at radius 3 is 2.43 bits per heavy atom. The molecular formula is C26H20O8S. The number of aliphatic hydroxyl groups is 3. The van der Waals surface area contributed by atoms with Crippen molar-refractivity contribution < 1.29 is 37.5 Å². The lowest BCUT2D eigenvalue weighted by molar-refractivity contribution is -0.147. The first-order valence-corrected chi connectivity index (χ1v) is 12.3. The fourth-order valence-corrected chi connectivity index (χ4v) is 6.22. The van der Waals surface area contributed by atoms with Crippen molar-refractivity contribution in [1.29, 1.82) is 0 Å². The van der Waals surface area contributed by atoms with Gasteiger partial charge >= 0.3 is 10.1 Å². The van der Waals surface area contributed by atoms with Crippen molar-refractivity contribution in [2.45, 2.75) is 29.8 Å². The summed E-state index contributed by atoms with van der Waals surface area (Å²) in [5.41, 5.74) is -2.53. The van der Waals surface area contributed by atoms with E-state index in [0.29, 0.717) is 5.56 Å². The molecule has 35 heavy (non-hydrogen) atoms. The van der Waals surface area contributed by atoms with Gasteiger partial charge in [-0.05, 0) is 42.5 Å². The number of aliphatic hydroxyl groups excluding tert-OH is 2. The average Bonchev–Trinajstić information content (AvgIpc) is 2.82. The predicted octanol–water partition coefficient (Wildman–Crippen LogP) is 2.63. The summed E-state index contributed by atoms with van der Waals surface area (Å²) in [5, 5.41) is 33.1. The second kappa shape index (κ2) is 7.83. The molecule has 0 bridgehead atoms. The van der Waals surface area contributed by atoms with E-state index in [2.05, 4.69) is 0 Å². The van der Waals surface area contributed by atoms with E-state index < -0.39 is 56.2 Å². The van der Waals surface area contributed by atoms with Crippen LogP contribution in [0.5, 0.6) is 5.75 Å². The van der Waals surface area contributed by atoms with E-state index in [-0.39, 0.29) is 41.0 Å². The lowest BCUT2D eigenvalue weighted by Gasteiger charge is -2.45. The van der Waals surface area contributed by atoms with Gasteiger partial charge in [-0.3, -0.25) is 9.59 Å². The van der Waals surface area contributed by atoms with Crippen LogP contribution >= 0.6 is 0 Å². The second-order valence-corrected chi connectivity index (χ2v) is 10.4. The molecule has 8 nitrogen and oxygen atoms in total. The molecule has 0 heterocycles. The summed E-state index contributed by atoms with van der Waals surface area (Å²) in [6.45, 7) is 0. The fraction of sp³-hybridized carbons (Fsp3) is 0.231. The van der Waals surface area contributed by atoms with Gasteiger partial charge in [0.1, 0.15) is 16.2 Å². The minimum Gasteiger partial charge on any atom is -0.507 e. The van der Waals surface area contributed by atoms with Crippen molar-refractivity contribution in [3.05, 3.63) is 76.6 Å². The summed E-state index contributed by atoms with van der Waals surface area (Å²) in [7, 11) is -4.24. The third-order valence-corrected chi connectivity index (χ3v) is 8.16. The van der Waals surface area contributed by atoms with Gasteiger partial charge in [-0.15, -0.1) is 6.42 Å². The van der Waals surface area contributed by atoms with Gasteiger partial charge in [0.25, 0.3) is 0 Å². The highest BCUT2D eigenvalue weighted by molar-refractivity contribution is 7.87. The number of rotatable bonds is 3. The summed E-state index contributed by atoms with van der Waals surface area (Å²) in [6, 6.07) is 12.1. The van der Waals surface area contributed by atoms with E-state index in [4.69, 9.17) is 10.6 Å². The number of carbonyl (C=O) groups is 2. The molecule has 2 aromatic rings. The molecule has 3 atom stereocenters. The van der Waals surface area contributed by atoms with Crippen LogP contribution in [-0.2, 0) is 26.1 Å². The Labute approximate surface area is 201 Å². The molecule has 0 aromatic heterocycles. The molecule has 2 aromatic carbocycles. The van der Waals surface area contributed by atoms with E-state index >= 15 is 0 Å². The Morgan fingerprint density at radius 2 is 1.74 bits per heavy atom. The molecule has 1 saturated carbocycles. The van der Waals surface area contributed by atoms with Gasteiger partial charge in [0, 0.05) is 17.9 Å². The smallest absolute Gasteiger partial charge is 0.339 e. The molecular weight excluding hydrogens is 472 g/mol. The standard InChI is InChI=1S/C26H20O8S/c1-2-18-19(27)13-16-12-15-11-14-7-6-10-20(34-35(32,33)17-8-4-3-5-9-17)21(14)23(28)22(15)25(30)26(16,31)24(18)29/h1,3-10,15-16,28-29,31H,11-13H2/t15-,16-,26+/m0/s1. The topological polar surface area (TPSA) is 138 Å². The van der Waals surface area contributed by atoms with E-state index in [0.717, 1.165) is 0 Å². The molecule has 0 aliphatic heterocycles. The normalized spacial score (nSPS) is 25.9. The van der Waals surface area contributed by atoms with Crippen LogP contribution in [0.15, 0.2) is 70.3 Å². The summed E-state index contributed by atoms with van der Waals surface area (Å²) < 4.78 is 31.0. The molecule has 3 aliphatic carbocycles. The highest BCUT2D eigenvalue weighted by atomic mass is 32.2. The number of ketones is 2. The predicted molar refractivity (Wildman–Crippen MR) is 124 cm³/mol. The molecule has 0 spiro atoms. The van der Waals surface area contributed by atoms with Gasteiger partial charge in [0.05, 0.1) is 5.56 Å². The lowest BCUT2D eigenvalue weighted by Crippen LogP contribution is -2.57. The van der Waals surface area contributed by atoms with Crippen molar-refractivity contribution in [3.63, 3.8) is 0 Å². The summed E-state index contributed by atoms with van der Waals surface area (Å²) in [6.07, 6.45) is 5.45. The first kappa shape index (κ1) is 22.9. The number of allylic oxidation sites excluding steroid dienone is 1. The second-order valence-electron chi connectivity index (χ2n) is 8.83. The van der Waals surface area contributed by atoms with Crippen molar-refractivity contribution >= 4 is 27.4 Å². The van der Waals surface area contributed by atoms with Crippen molar-refractivity contribution in [2.24, 2.45) is 11.8 Å². The SMILES string of the molecule is C#CC1=C(O)[C@@]2(O)C(=O)C3=C(O)c4c(cccc4OS(=O)(=O)c4ccccc4)C[C@H]3C[C@H]2CC1=O. The van der Waals surface area contributed by atoms with Gasteiger partial charge in [-0.25, -0.2) is 0 Å². The van der Waals surface area contributed by atoms with Gasteiger partial charge < -0.3 is 19.5 Å².